The highest BCUT2D eigenvalue weighted by molar-refractivity contribution is 7.92. The molecule has 1 amide bonds. The lowest BCUT2D eigenvalue weighted by molar-refractivity contribution is 0.0659. The van der Waals surface area contributed by atoms with Gasteiger partial charge in [-0.05, 0) is 24.3 Å². The van der Waals surface area contributed by atoms with Crippen molar-refractivity contribution in [2.45, 2.75) is 12.2 Å². The van der Waals surface area contributed by atoms with E-state index < -0.39 is 20.9 Å². The number of hydrogen-bond acceptors (Lipinski definition) is 3. The normalized spacial score (nSPS) is 16.4. The van der Waals surface area contributed by atoms with Crippen LogP contribution < -0.4 is 0 Å². The molecule has 1 aromatic rings. The predicted molar refractivity (Wildman–Crippen MR) is 65.6 cm³/mol. The molecule has 0 atom stereocenters. The maximum absolute atomic E-state index is 12.7. The summed E-state index contributed by atoms with van der Waals surface area (Å²) in [4.78, 5) is 13.4. The minimum Gasteiger partial charge on any atom is -0.336 e. The number of halogens is 1. The molecular formula is C12H14FNO3S. The first kappa shape index (κ1) is 13.0. The Morgan fingerprint density at radius 3 is 2.39 bits per heavy atom. The lowest BCUT2D eigenvalue weighted by Gasteiger charge is -2.38. The Bertz CT molecular complexity index is 547. The Hall–Kier alpha value is -1.43. The van der Waals surface area contributed by atoms with Gasteiger partial charge in [-0.15, -0.1) is 0 Å². The molecule has 1 saturated heterocycles. The summed E-state index contributed by atoms with van der Waals surface area (Å²) in [6.07, 6.45) is 0. The first-order valence-electron chi connectivity index (χ1n) is 5.70. The van der Waals surface area contributed by atoms with Gasteiger partial charge in [0.15, 0.2) is 9.84 Å². The number of rotatable bonds is 3. The first-order valence-corrected chi connectivity index (χ1v) is 7.42. The van der Waals surface area contributed by atoms with Gasteiger partial charge in [-0.3, -0.25) is 4.79 Å². The third-order valence-corrected chi connectivity index (χ3v) is 5.26. The molecule has 1 aliphatic rings. The summed E-state index contributed by atoms with van der Waals surface area (Å²) in [6, 6.07) is 5.24. The number of likely N-dealkylation sites (tertiary alicyclic amines) is 1. The van der Waals surface area contributed by atoms with Crippen LogP contribution in [0.15, 0.2) is 24.3 Å². The lowest BCUT2D eigenvalue weighted by Crippen LogP contribution is -2.57. The molecule has 0 unspecified atom stereocenters. The zero-order chi connectivity index (χ0) is 13.3. The zero-order valence-corrected chi connectivity index (χ0v) is 10.8. The molecule has 1 aliphatic heterocycles. The molecule has 0 N–H and O–H groups in total. The molecule has 6 heteroatoms. The number of nitrogens with zero attached hydrogens (tertiary/aromatic N) is 1. The first-order chi connectivity index (χ1) is 8.44. The summed E-state index contributed by atoms with van der Waals surface area (Å²) in [5.41, 5.74) is 0.378. The van der Waals surface area contributed by atoms with Gasteiger partial charge in [-0.1, -0.05) is 6.92 Å². The number of hydrogen-bond donors (Lipinski definition) is 0. The van der Waals surface area contributed by atoms with Crippen molar-refractivity contribution >= 4 is 15.7 Å². The van der Waals surface area contributed by atoms with Crippen LogP contribution in [0.3, 0.4) is 0 Å². The lowest BCUT2D eigenvalue weighted by atomic mass is 10.1. The van der Waals surface area contributed by atoms with E-state index >= 15 is 0 Å². The molecule has 0 spiro atoms. The minimum absolute atomic E-state index is 0.0935. The maximum Gasteiger partial charge on any atom is 0.253 e. The Kier molecular flexibility index (Phi) is 3.38. The Morgan fingerprint density at radius 2 is 1.89 bits per heavy atom. The van der Waals surface area contributed by atoms with E-state index in [9.17, 15) is 17.6 Å². The largest absolute Gasteiger partial charge is 0.336 e. The van der Waals surface area contributed by atoms with Gasteiger partial charge in [0.2, 0.25) is 0 Å². The summed E-state index contributed by atoms with van der Waals surface area (Å²) >= 11 is 0. The molecule has 18 heavy (non-hydrogen) atoms. The van der Waals surface area contributed by atoms with Crippen molar-refractivity contribution in [2.24, 2.45) is 0 Å². The average Bonchev–Trinajstić information content (AvgIpc) is 2.27. The summed E-state index contributed by atoms with van der Waals surface area (Å²) in [5, 5.41) is -0.452. The van der Waals surface area contributed by atoms with Crippen molar-refractivity contribution in [3.8, 4) is 0 Å². The monoisotopic (exact) mass is 271 g/mol. The van der Waals surface area contributed by atoms with Crippen LogP contribution in [0.1, 0.15) is 17.3 Å². The quantitative estimate of drug-likeness (QED) is 0.826. The van der Waals surface area contributed by atoms with Crippen LogP contribution in [-0.4, -0.2) is 43.3 Å². The van der Waals surface area contributed by atoms with Crippen molar-refractivity contribution in [2.75, 3.05) is 18.8 Å². The SMILES string of the molecule is CCS(=O)(=O)C1CN(C(=O)c2ccc(F)cc2)C1. The number of carbonyl (C=O) groups is 1. The fourth-order valence-electron chi connectivity index (χ4n) is 1.84. The van der Waals surface area contributed by atoms with Gasteiger partial charge in [0.25, 0.3) is 5.91 Å². The van der Waals surface area contributed by atoms with Crippen LogP contribution in [0.2, 0.25) is 0 Å². The molecule has 4 nitrogen and oxygen atoms in total. The van der Waals surface area contributed by atoms with Crippen molar-refractivity contribution in [1.29, 1.82) is 0 Å². The van der Waals surface area contributed by atoms with Crippen molar-refractivity contribution < 1.29 is 17.6 Å². The fourth-order valence-corrected chi connectivity index (χ4v) is 3.13. The summed E-state index contributed by atoms with van der Waals surface area (Å²) in [6.45, 7) is 2.05. The van der Waals surface area contributed by atoms with Crippen LogP contribution in [0, 0.1) is 5.82 Å². The molecule has 1 heterocycles. The van der Waals surface area contributed by atoms with Gasteiger partial charge >= 0.3 is 0 Å². The van der Waals surface area contributed by atoms with Crippen molar-refractivity contribution in [1.82, 2.24) is 4.90 Å². The zero-order valence-electron chi connectivity index (χ0n) is 9.97. The Morgan fingerprint density at radius 1 is 1.33 bits per heavy atom. The molecule has 1 aromatic carbocycles. The Balaban J connectivity index is 2.01. The Labute approximate surface area is 105 Å². The molecule has 0 radical (unpaired) electrons. The molecule has 0 bridgehead atoms. The highest BCUT2D eigenvalue weighted by Gasteiger charge is 2.38. The maximum atomic E-state index is 12.7. The standard InChI is InChI=1S/C12H14FNO3S/c1-2-18(16,17)11-7-14(8-11)12(15)9-3-5-10(13)6-4-9/h3-6,11H,2,7-8H2,1H3. The van der Waals surface area contributed by atoms with Gasteiger partial charge < -0.3 is 4.90 Å². The molecule has 0 aromatic heterocycles. The average molecular weight is 271 g/mol. The molecule has 1 fully saturated rings. The van der Waals surface area contributed by atoms with E-state index in [1.165, 1.54) is 29.2 Å². The van der Waals surface area contributed by atoms with Gasteiger partial charge in [0.1, 0.15) is 5.82 Å². The number of amides is 1. The summed E-state index contributed by atoms with van der Waals surface area (Å²) in [7, 11) is -3.07. The third-order valence-electron chi connectivity index (χ3n) is 3.14. The summed E-state index contributed by atoms with van der Waals surface area (Å²) in [5.74, 6) is -0.560. The molecule has 98 valence electrons. The third kappa shape index (κ3) is 2.38. The highest BCUT2D eigenvalue weighted by Crippen LogP contribution is 2.19. The minimum atomic E-state index is -3.07. The van der Waals surface area contributed by atoms with Gasteiger partial charge in [0.05, 0.1) is 5.25 Å². The molecule has 0 saturated carbocycles. The second-order valence-electron chi connectivity index (χ2n) is 4.29. The molecule has 0 aliphatic carbocycles. The number of sulfone groups is 1. The van der Waals surface area contributed by atoms with Crippen LogP contribution in [0.5, 0.6) is 0 Å². The van der Waals surface area contributed by atoms with E-state index in [0.29, 0.717) is 5.56 Å². The van der Waals surface area contributed by atoms with E-state index in [2.05, 4.69) is 0 Å². The highest BCUT2D eigenvalue weighted by atomic mass is 32.2. The van der Waals surface area contributed by atoms with E-state index in [-0.39, 0.29) is 24.7 Å². The molecular weight excluding hydrogens is 257 g/mol. The van der Waals surface area contributed by atoms with Gasteiger partial charge in [-0.2, -0.15) is 0 Å². The molecule has 2 rings (SSSR count). The van der Waals surface area contributed by atoms with E-state index in [1.807, 2.05) is 0 Å². The van der Waals surface area contributed by atoms with E-state index in [1.54, 1.807) is 6.92 Å². The predicted octanol–water partition coefficient (Wildman–Crippen LogP) is 1.08. The number of benzene rings is 1. The van der Waals surface area contributed by atoms with E-state index in [4.69, 9.17) is 0 Å². The number of carbonyl (C=O) groups excluding carboxylic acids is 1. The van der Waals surface area contributed by atoms with Crippen LogP contribution in [0.25, 0.3) is 0 Å². The van der Waals surface area contributed by atoms with Crippen LogP contribution >= 0.6 is 0 Å². The second kappa shape index (κ2) is 4.68. The van der Waals surface area contributed by atoms with Gasteiger partial charge in [-0.25, -0.2) is 12.8 Å². The van der Waals surface area contributed by atoms with Crippen LogP contribution in [0.4, 0.5) is 4.39 Å². The van der Waals surface area contributed by atoms with Gasteiger partial charge in [0, 0.05) is 24.4 Å². The van der Waals surface area contributed by atoms with Crippen LogP contribution in [-0.2, 0) is 9.84 Å². The van der Waals surface area contributed by atoms with Crippen molar-refractivity contribution in [3.63, 3.8) is 0 Å². The topological polar surface area (TPSA) is 54.5 Å². The van der Waals surface area contributed by atoms with Crippen molar-refractivity contribution in [3.05, 3.63) is 35.6 Å². The smallest absolute Gasteiger partial charge is 0.253 e. The second-order valence-corrected chi connectivity index (χ2v) is 6.86. The summed E-state index contributed by atoms with van der Waals surface area (Å²) < 4.78 is 35.8. The van der Waals surface area contributed by atoms with E-state index in [0.717, 1.165) is 0 Å². The fraction of sp³-hybridized carbons (Fsp3) is 0.417.